The molecular formula is C17H29NO2. The average Bonchev–Trinajstić information content (AvgIpc) is 2.46. The standard InChI is InChI=1S/C17H29NO2/c1-17(2,20-5)11-10-15(13-18-3)12-14-6-8-16(19-4)9-7-14/h6-9,15,18H,10-13H2,1-5H3. The molecule has 1 N–H and O–H groups in total. The van der Waals surface area contributed by atoms with Crippen molar-refractivity contribution in [1.82, 2.24) is 5.32 Å². The molecule has 1 unspecified atom stereocenters. The molecule has 0 aromatic heterocycles. The zero-order chi connectivity index (χ0) is 15.0. The van der Waals surface area contributed by atoms with Gasteiger partial charge in [0.15, 0.2) is 0 Å². The van der Waals surface area contributed by atoms with Crippen LogP contribution in [0.3, 0.4) is 0 Å². The van der Waals surface area contributed by atoms with Crippen molar-refractivity contribution >= 4 is 0 Å². The Morgan fingerprint density at radius 2 is 1.80 bits per heavy atom. The van der Waals surface area contributed by atoms with Gasteiger partial charge >= 0.3 is 0 Å². The first-order chi connectivity index (χ1) is 9.50. The lowest BCUT2D eigenvalue weighted by molar-refractivity contribution is 0.0104. The summed E-state index contributed by atoms with van der Waals surface area (Å²) in [6.45, 7) is 5.33. The van der Waals surface area contributed by atoms with Crippen molar-refractivity contribution in [1.29, 1.82) is 0 Å². The maximum absolute atomic E-state index is 5.51. The van der Waals surface area contributed by atoms with Crippen LogP contribution in [0.2, 0.25) is 0 Å². The van der Waals surface area contributed by atoms with E-state index < -0.39 is 0 Å². The highest BCUT2D eigenvalue weighted by Gasteiger charge is 2.19. The Bertz CT molecular complexity index is 373. The van der Waals surface area contributed by atoms with E-state index in [4.69, 9.17) is 9.47 Å². The van der Waals surface area contributed by atoms with Gasteiger partial charge in [0, 0.05) is 7.11 Å². The molecule has 3 nitrogen and oxygen atoms in total. The van der Waals surface area contributed by atoms with Crippen molar-refractivity contribution in [2.75, 3.05) is 27.8 Å². The zero-order valence-corrected chi connectivity index (χ0v) is 13.5. The minimum absolute atomic E-state index is 0.0358. The minimum Gasteiger partial charge on any atom is -0.497 e. The van der Waals surface area contributed by atoms with Crippen LogP contribution in [0.15, 0.2) is 24.3 Å². The summed E-state index contributed by atoms with van der Waals surface area (Å²) in [6.07, 6.45) is 3.32. The van der Waals surface area contributed by atoms with E-state index >= 15 is 0 Å². The molecule has 0 aliphatic carbocycles. The highest BCUT2D eigenvalue weighted by atomic mass is 16.5. The van der Waals surface area contributed by atoms with Gasteiger partial charge in [0.1, 0.15) is 5.75 Å². The van der Waals surface area contributed by atoms with E-state index in [1.165, 1.54) is 5.56 Å². The third kappa shape index (κ3) is 5.93. The molecule has 0 fully saturated rings. The normalized spacial score (nSPS) is 13.2. The Morgan fingerprint density at radius 1 is 1.15 bits per heavy atom. The van der Waals surface area contributed by atoms with Gasteiger partial charge in [-0.2, -0.15) is 0 Å². The van der Waals surface area contributed by atoms with Crippen LogP contribution in [0.5, 0.6) is 5.75 Å². The topological polar surface area (TPSA) is 30.5 Å². The van der Waals surface area contributed by atoms with Gasteiger partial charge in [0.25, 0.3) is 0 Å². The molecule has 1 rings (SSSR count). The van der Waals surface area contributed by atoms with Crippen molar-refractivity contribution in [2.24, 2.45) is 5.92 Å². The summed E-state index contributed by atoms with van der Waals surface area (Å²) in [5, 5.41) is 3.30. The third-order valence-electron chi connectivity index (χ3n) is 3.88. The van der Waals surface area contributed by atoms with Crippen LogP contribution in [-0.4, -0.2) is 33.4 Å². The van der Waals surface area contributed by atoms with Gasteiger partial charge < -0.3 is 14.8 Å². The second kappa shape index (κ2) is 8.28. The van der Waals surface area contributed by atoms with E-state index in [9.17, 15) is 0 Å². The molecule has 0 bridgehead atoms. The maximum atomic E-state index is 5.51. The Morgan fingerprint density at radius 3 is 2.30 bits per heavy atom. The van der Waals surface area contributed by atoms with Crippen LogP contribution < -0.4 is 10.1 Å². The molecule has 1 atom stereocenters. The molecule has 0 saturated carbocycles. The summed E-state index contributed by atoms with van der Waals surface area (Å²) in [5.74, 6) is 1.54. The molecule has 0 spiro atoms. The van der Waals surface area contributed by atoms with E-state index in [1.54, 1.807) is 14.2 Å². The number of benzene rings is 1. The van der Waals surface area contributed by atoms with Gasteiger partial charge in [0.2, 0.25) is 0 Å². The van der Waals surface area contributed by atoms with E-state index in [1.807, 2.05) is 19.2 Å². The fraction of sp³-hybridized carbons (Fsp3) is 0.647. The smallest absolute Gasteiger partial charge is 0.118 e. The quantitative estimate of drug-likeness (QED) is 0.752. The van der Waals surface area contributed by atoms with Crippen molar-refractivity contribution in [3.8, 4) is 5.75 Å². The third-order valence-corrected chi connectivity index (χ3v) is 3.88. The highest BCUT2D eigenvalue weighted by molar-refractivity contribution is 5.27. The molecule has 0 radical (unpaired) electrons. The van der Waals surface area contributed by atoms with Crippen molar-refractivity contribution < 1.29 is 9.47 Å². The van der Waals surface area contributed by atoms with E-state index in [0.717, 1.165) is 31.6 Å². The Labute approximate surface area is 123 Å². The molecule has 0 aliphatic heterocycles. The molecular weight excluding hydrogens is 250 g/mol. The second-order valence-electron chi connectivity index (χ2n) is 5.98. The van der Waals surface area contributed by atoms with Gasteiger partial charge in [-0.05, 0) is 70.3 Å². The molecule has 3 heteroatoms. The number of hydrogen-bond acceptors (Lipinski definition) is 3. The molecule has 1 aromatic carbocycles. The van der Waals surface area contributed by atoms with Crippen LogP contribution in [0.4, 0.5) is 0 Å². The molecule has 1 aromatic rings. The predicted octanol–water partition coefficient (Wildman–Crippen LogP) is 3.28. The largest absolute Gasteiger partial charge is 0.497 e. The van der Waals surface area contributed by atoms with Crippen molar-refractivity contribution in [3.05, 3.63) is 29.8 Å². The summed E-state index contributed by atoms with van der Waals surface area (Å²) < 4.78 is 10.7. The number of ether oxygens (including phenoxy) is 2. The first kappa shape index (κ1) is 17.0. The zero-order valence-electron chi connectivity index (χ0n) is 13.5. The number of rotatable bonds is 9. The van der Waals surface area contributed by atoms with Crippen LogP contribution in [-0.2, 0) is 11.2 Å². The monoisotopic (exact) mass is 279 g/mol. The highest BCUT2D eigenvalue weighted by Crippen LogP contribution is 2.22. The number of nitrogens with one attached hydrogen (secondary N) is 1. The lowest BCUT2D eigenvalue weighted by Crippen LogP contribution is -2.27. The average molecular weight is 279 g/mol. The number of hydrogen-bond donors (Lipinski definition) is 1. The number of methoxy groups -OCH3 is 2. The summed E-state index contributed by atoms with van der Waals surface area (Å²) >= 11 is 0. The Hall–Kier alpha value is -1.06. The molecule has 20 heavy (non-hydrogen) atoms. The Balaban J connectivity index is 2.57. The molecule has 0 aliphatic rings. The maximum Gasteiger partial charge on any atom is 0.118 e. The lowest BCUT2D eigenvalue weighted by atomic mass is 9.90. The Kier molecular flexibility index (Phi) is 7.03. The SMILES string of the molecule is CNCC(CCC(C)(C)OC)Cc1ccc(OC)cc1. The van der Waals surface area contributed by atoms with Gasteiger partial charge in [-0.3, -0.25) is 0 Å². The van der Waals surface area contributed by atoms with Crippen LogP contribution in [0.25, 0.3) is 0 Å². The van der Waals surface area contributed by atoms with Crippen LogP contribution in [0.1, 0.15) is 32.3 Å². The van der Waals surface area contributed by atoms with Gasteiger partial charge in [-0.25, -0.2) is 0 Å². The molecule has 0 heterocycles. The fourth-order valence-corrected chi connectivity index (χ4v) is 2.31. The molecule has 0 amide bonds. The lowest BCUT2D eigenvalue weighted by Gasteiger charge is -2.26. The van der Waals surface area contributed by atoms with E-state index in [2.05, 4.69) is 31.3 Å². The molecule has 0 saturated heterocycles. The van der Waals surface area contributed by atoms with Gasteiger partial charge in [-0.1, -0.05) is 12.1 Å². The van der Waals surface area contributed by atoms with E-state index in [0.29, 0.717) is 5.92 Å². The summed E-state index contributed by atoms with van der Waals surface area (Å²) in [6, 6.07) is 8.38. The van der Waals surface area contributed by atoms with E-state index in [-0.39, 0.29) is 5.60 Å². The summed E-state index contributed by atoms with van der Waals surface area (Å²) in [5.41, 5.74) is 1.33. The summed E-state index contributed by atoms with van der Waals surface area (Å²) in [4.78, 5) is 0. The summed E-state index contributed by atoms with van der Waals surface area (Å²) in [7, 11) is 5.50. The minimum atomic E-state index is -0.0358. The predicted molar refractivity (Wildman–Crippen MR) is 84.4 cm³/mol. The van der Waals surface area contributed by atoms with Crippen LogP contribution in [0, 0.1) is 5.92 Å². The van der Waals surface area contributed by atoms with Gasteiger partial charge in [0.05, 0.1) is 12.7 Å². The molecule has 114 valence electrons. The fourth-order valence-electron chi connectivity index (χ4n) is 2.31. The second-order valence-corrected chi connectivity index (χ2v) is 5.98. The van der Waals surface area contributed by atoms with Crippen molar-refractivity contribution in [2.45, 2.75) is 38.7 Å². The first-order valence-corrected chi connectivity index (χ1v) is 7.33. The van der Waals surface area contributed by atoms with Crippen molar-refractivity contribution in [3.63, 3.8) is 0 Å². The van der Waals surface area contributed by atoms with Crippen LogP contribution >= 0.6 is 0 Å². The first-order valence-electron chi connectivity index (χ1n) is 7.33. The van der Waals surface area contributed by atoms with Gasteiger partial charge in [-0.15, -0.1) is 0 Å².